The summed E-state index contributed by atoms with van der Waals surface area (Å²) in [5, 5.41) is 0.826. The van der Waals surface area contributed by atoms with E-state index in [9.17, 15) is 0 Å². The zero-order chi connectivity index (χ0) is 10.7. The molecule has 0 fully saturated rings. The van der Waals surface area contributed by atoms with Crippen molar-refractivity contribution in [2.75, 3.05) is 12.9 Å². The lowest BCUT2D eigenvalue weighted by Crippen LogP contribution is -1.80. The van der Waals surface area contributed by atoms with E-state index in [0.29, 0.717) is 5.75 Å². The third-order valence-electron chi connectivity index (χ3n) is 1.87. The van der Waals surface area contributed by atoms with Gasteiger partial charge in [-0.1, -0.05) is 5.92 Å². The Morgan fingerprint density at radius 2 is 2.40 bits per heavy atom. The topological polar surface area (TPSA) is 22.1 Å². The van der Waals surface area contributed by atoms with Crippen LogP contribution in [-0.2, 0) is 0 Å². The highest BCUT2D eigenvalue weighted by atomic mass is 32.1. The standard InChI is InChI=1S/C11H9NOS2/c1-13-8-4-5-9-10(7-8)15-11(12-9)3-2-6-14/h4-5,7,14H,6H2,1H3. The van der Waals surface area contributed by atoms with E-state index >= 15 is 0 Å². The van der Waals surface area contributed by atoms with E-state index in [1.54, 1.807) is 18.4 Å². The monoisotopic (exact) mass is 235 g/mol. The van der Waals surface area contributed by atoms with Gasteiger partial charge in [-0.2, -0.15) is 12.6 Å². The van der Waals surface area contributed by atoms with Crippen molar-refractivity contribution in [3.63, 3.8) is 0 Å². The van der Waals surface area contributed by atoms with Crippen LogP contribution in [0.15, 0.2) is 18.2 Å². The number of hydrogen-bond donors (Lipinski definition) is 1. The van der Waals surface area contributed by atoms with E-state index in [-0.39, 0.29) is 0 Å². The Bertz CT molecular complexity index is 536. The van der Waals surface area contributed by atoms with Crippen molar-refractivity contribution in [1.29, 1.82) is 0 Å². The molecule has 1 heterocycles. The van der Waals surface area contributed by atoms with Gasteiger partial charge in [-0.25, -0.2) is 4.98 Å². The summed E-state index contributed by atoms with van der Waals surface area (Å²) in [4.78, 5) is 4.38. The number of aromatic nitrogens is 1. The Hall–Kier alpha value is -1.18. The van der Waals surface area contributed by atoms with Crippen molar-refractivity contribution in [2.24, 2.45) is 0 Å². The smallest absolute Gasteiger partial charge is 0.168 e. The number of ether oxygens (including phenoxy) is 1. The molecule has 2 rings (SSSR count). The van der Waals surface area contributed by atoms with Crippen LogP contribution in [0.5, 0.6) is 5.75 Å². The van der Waals surface area contributed by atoms with Crippen LogP contribution in [0, 0.1) is 11.8 Å². The summed E-state index contributed by atoms with van der Waals surface area (Å²) in [5.41, 5.74) is 0.962. The number of thiol groups is 1. The lowest BCUT2D eigenvalue weighted by atomic mass is 10.3. The van der Waals surface area contributed by atoms with Crippen LogP contribution in [0.3, 0.4) is 0 Å². The molecule has 0 spiro atoms. The molecular weight excluding hydrogens is 226 g/mol. The van der Waals surface area contributed by atoms with Crippen molar-refractivity contribution in [3.05, 3.63) is 23.2 Å². The van der Waals surface area contributed by atoms with Crippen molar-refractivity contribution in [1.82, 2.24) is 4.98 Å². The van der Waals surface area contributed by atoms with Gasteiger partial charge in [0.1, 0.15) is 5.75 Å². The van der Waals surface area contributed by atoms with Gasteiger partial charge in [-0.15, -0.1) is 11.3 Å². The van der Waals surface area contributed by atoms with Crippen LogP contribution < -0.4 is 4.74 Å². The Morgan fingerprint density at radius 3 is 3.13 bits per heavy atom. The molecule has 0 radical (unpaired) electrons. The molecule has 0 amide bonds. The summed E-state index contributed by atoms with van der Waals surface area (Å²) in [7, 11) is 1.66. The normalized spacial score (nSPS) is 9.73. The lowest BCUT2D eigenvalue weighted by Gasteiger charge is -1.96. The first-order valence-corrected chi connectivity index (χ1v) is 5.82. The fourth-order valence-electron chi connectivity index (χ4n) is 1.20. The molecule has 0 N–H and O–H groups in total. The molecule has 15 heavy (non-hydrogen) atoms. The van der Waals surface area contributed by atoms with Crippen LogP contribution in [0.25, 0.3) is 10.2 Å². The van der Waals surface area contributed by atoms with Crippen LogP contribution in [-0.4, -0.2) is 17.8 Å². The Labute approximate surface area is 97.7 Å². The molecule has 2 nitrogen and oxygen atoms in total. The first-order chi connectivity index (χ1) is 7.33. The predicted molar refractivity (Wildman–Crippen MR) is 66.9 cm³/mol. The molecule has 0 unspecified atom stereocenters. The number of fused-ring (bicyclic) bond motifs is 1. The first-order valence-electron chi connectivity index (χ1n) is 4.38. The van der Waals surface area contributed by atoms with E-state index in [1.807, 2.05) is 18.2 Å². The largest absolute Gasteiger partial charge is 0.497 e. The quantitative estimate of drug-likeness (QED) is 0.606. The fraction of sp³-hybridized carbons (Fsp3) is 0.182. The maximum absolute atomic E-state index is 5.14. The second-order valence-corrected chi connectivity index (χ2v) is 4.16. The van der Waals surface area contributed by atoms with E-state index < -0.39 is 0 Å². The molecule has 1 aromatic carbocycles. The summed E-state index contributed by atoms with van der Waals surface area (Å²) >= 11 is 5.60. The molecule has 0 bridgehead atoms. The third kappa shape index (κ3) is 2.25. The van der Waals surface area contributed by atoms with Gasteiger partial charge in [0, 0.05) is 0 Å². The summed E-state index contributed by atoms with van der Waals surface area (Å²) in [6.07, 6.45) is 0. The molecule has 0 saturated heterocycles. The molecule has 76 valence electrons. The van der Waals surface area contributed by atoms with Gasteiger partial charge in [-0.3, -0.25) is 0 Å². The van der Waals surface area contributed by atoms with E-state index in [1.165, 1.54) is 0 Å². The number of methoxy groups -OCH3 is 1. The molecule has 0 aliphatic heterocycles. The zero-order valence-corrected chi connectivity index (χ0v) is 9.86. The van der Waals surface area contributed by atoms with Crippen molar-refractivity contribution >= 4 is 34.2 Å². The van der Waals surface area contributed by atoms with Gasteiger partial charge in [0.25, 0.3) is 0 Å². The van der Waals surface area contributed by atoms with Crippen molar-refractivity contribution < 1.29 is 4.74 Å². The Kier molecular flexibility index (Phi) is 3.14. The van der Waals surface area contributed by atoms with Crippen LogP contribution in [0.2, 0.25) is 0 Å². The molecule has 4 heteroatoms. The molecule has 0 aliphatic rings. The minimum atomic E-state index is 0.555. The van der Waals surface area contributed by atoms with E-state index in [4.69, 9.17) is 4.74 Å². The van der Waals surface area contributed by atoms with Crippen LogP contribution >= 0.6 is 24.0 Å². The van der Waals surface area contributed by atoms with Crippen molar-refractivity contribution in [3.8, 4) is 17.6 Å². The maximum Gasteiger partial charge on any atom is 0.168 e. The molecule has 0 aliphatic carbocycles. The SMILES string of the molecule is COc1ccc2nc(C#CCS)sc2c1. The number of hydrogen-bond acceptors (Lipinski definition) is 4. The number of rotatable bonds is 1. The van der Waals surface area contributed by atoms with Crippen molar-refractivity contribution in [2.45, 2.75) is 0 Å². The van der Waals surface area contributed by atoms with Crippen LogP contribution in [0.4, 0.5) is 0 Å². The van der Waals surface area contributed by atoms with Crippen LogP contribution in [0.1, 0.15) is 5.01 Å². The van der Waals surface area contributed by atoms with Gasteiger partial charge < -0.3 is 4.74 Å². The first kappa shape index (κ1) is 10.3. The van der Waals surface area contributed by atoms with Gasteiger partial charge in [0.05, 0.1) is 23.1 Å². The highest BCUT2D eigenvalue weighted by Crippen LogP contribution is 2.25. The summed E-state index contributed by atoms with van der Waals surface area (Å²) in [5.74, 6) is 7.25. The lowest BCUT2D eigenvalue weighted by molar-refractivity contribution is 0.415. The maximum atomic E-state index is 5.14. The van der Waals surface area contributed by atoms with Gasteiger partial charge in [0.15, 0.2) is 5.01 Å². The third-order valence-corrected chi connectivity index (χ3v) is 2.96. The second kappa shape index (κ2) is 4.56. The number of benzene rings is 1. The highest BCUT2D eigenvalue weighted by molar-refractivity contribution is 7.80. The summed E-state index contributed by atoms with van der Waals surface area (Å²) in [6, 6.07) is 5.81. The Balaban J connectivity index is 2.46. The minimum absolute atomic E-state index is 0.555. The van der Waals surface area contributed by atoms with E-state index in [0.717, 1.165) is 21.0 Å². The molecule has 0 saturated carbocycles. The number of nitrogens with zero attached hydrogens (tertiary/aromatic N) is 1. The minimum Gasteiger partial charge on any atom is -0.497 e. The second-order valence-electron chi connectivity index (χ2n) is 2.81. The average molecular weight is 235 g/mol. The van der Waals surface area contributed by atoms with Gasteiger partial charge >= 0.3 is 0 Å². The zero-order valence-electron chi connectivity index (χ0n) is 8.15. The molecule has 1 aromatic heterocycles. The highest BCUT2D eigenvalue weighted by Gasteiger charge is 2.02. The van der Waals surface area contributed by atoms with E-state index in [2.05, 4.69) is 29.5 Å². The van der Waals surface area contributed by atoms with Gasteiger partial charge in [-0.05, 0) is 24.1 Å². The average Bonchev–Trinajstić information content (AvgIpc) is 2.67. The fourth-order valence-corrected chi connectivity index (χ4v) is 2.15. The Morgan fingerprint density at radius 1 is 1.53 bits per heavy atom. The number of thiazole rings is 1. The molecule has 2 aromatic rings. The summed E-state index contributed by atoms with van der Waals surface area (Å²) < 4.78 is 6.24. The predicted octanol–water partition coefficient (Wildman–Crippen LogP) is 2.59. The summed E-state index contributed by atoms with van der Waals surface area (Å²) in [6.45, 7) is 0. The van der Waals surface area contributed by atoms with Gasteiger partial charge in [0.2, 0.25) is 0 Å². The molecular formula is C11H9NOS2. The molecule has 0 atom stereocenters.